The Bertz CT molecular complexity index is 882. The molecule has 0 unspecified atom stereocenters. The molecule has 0 spiro atoms. The van der Waals surface area contributed by atoms with Crippen LogP contribution in [0.3, 0.4) is 0 Å². The van der Waals surface area contributed by atoms with Crippen molar-refractivity contribution in [3.05, 3.63) is 60.3 Å². The third kappa shape index (κ3) is 3.34. The Morgan fingerprint density at radius 1 is 0.958 bits per heavy atom. The number of aryl methyl sites for hydroxylation is 1. The van der Waals surface area contributed by atoms with Crippen molar-refractivity contribution in [2.75, 3.05) is 10.6 Å². The predicted octanol–water partition coefficient (Wildman–Crippen LogP) is 4.84. The minimum Gasteiger partial charge on any atom is -0.351 e. The summed E-state index contributed by atoms with van der Waals surface area (Å²) >= 11 is 0. The van der Waals surface area contributed by atoms with E-state index in [1.165, 1.54) is 12.1 Å². The molecular weight excluding hydrogens is 319 g/mol. The number of carbonyl (C=O) groups excluding carboxylic acids is 1. The number of hydrogen-bond acceptors (Lipinski definition) is 1. The number of nitrogens with zero attached hydrogens (tertiary/aromatic N) is 1. The van der Waals surface area contributed by atoms with Gasteiger partial charge in [0.2, 0.25) is 0 Å². The van der Waals surface area contributed by atoms with Gasteiger partial charge in [-0.3, -0.25) is 0 Å². The highest BCUT2D eigenvalue weighted by Gasteiger charge is 2.29. The first-order valence-electron chi connectivity index (χ1n) is 7.13. The normalized spacial score (nSPS) is 11.5. The topological polar surface area (TPSA) is 46.1 Å². The van der Waals surface area contributed by atoms with E-state index in [2.05, 4.69) is 10.6 Å². The molecule has 0 aliphatic heterocycles. The number of hydrogen-bond donors (Lipinski definition) is 2. The van der Waals surface area contributed by atoms with Gasteiger partial charge in [0.25, 0.3) is 0 Å². The van der Waals surface area contributed by atoms with E-state index < -0.39 is 17.8 Å². The lowest BCUT2D eigenvalue weighted by Crippen LogP contribution is -2.19. The average molecular weight is 333 g/mol. The van der Waals surface area contributed by atoms with E-state index in [-0.39, 0.29) is 5.69 Å². The second kappa shape index (κ2) is 5.92. The quantitative estimate of drug-likeness (QED) is 0.692. The van der Waals surface area contributed by atoms with Gasteiger partial charge in [0.05, 0.1) is 5.56 Å². The van der Waals surface area contributed by atoms with Crippen LogP contribution in [-0.4, -0.2) is 10.6 Å². The minimum absolute atomic E-state index is 0.279. The third-order valence-electron chi connectivity index (χ3n) is 3.61. The van der Waals surface area contributed by atoms with Crippen LogP contribution in [0.25, 0.3) is 10.9 Å². The summed E-state index contributed by atoms with van der Waals surface area (Å²) in [7, 11) is 1.92. The summed E-state index contributed by atoms with van der Waals surface area (Å²) in [5, 5.41) is 6.13. The summed E-state index contributed by atoms with van der Waals surface area (Å²) in [6, 6.07) is 11.1. The van der Waals surface area contributed by atoms with Gasteiger partial charge in [-0.2, -0.15) is 13.2 Å². The largest absolute Gasteiger partial charge is 0.416 e. The van der Waals surface area contributed by atoms with E-state index in [1.807, 2.05) is 36.0 Å². The molecule has 0 saturated carbocycles. The van der Waals surface area contributed by atoms with Crippen LogP contribution in [0.4, 0.5) is 29.3 Å². The summed E-state index contributed by atoms with van der Waals surface area (Å²) in [5.41, 5.74) is 1.14. The number of nitrogens with one attached hydrogen (secondary N) is 2. The highest BCUT2D eigenvalue weighted by atomic mass is 19.4. The molecule has 3 aromatic rings. The van der Waals surface area contributed by atoms with E-state index in [4.69, 9.17) is 0 Å². The van der Waals surface area contributed by atoms with Crippen LogP contribution in [0.2, 0.25) is 0 Å². The van der Waals surface area contributed by atoms with Gasteiger partial charge in [-0.25, -0.2) is 4.79 Å². The molecule has 2 N–H and O–H groups in total. The number of urea groups is 1. The highest BCUT2D eigenvalue weighted by molar-refractivity contribution is 6.01. The van der Waals surface area contributed by atoms with E-state index in [0.717, 1.165) is 23.0 Å². The summed E-state index contributed by atoms with van der Waals surface area (Å²) in [5.74, 6) is 0. The molecule has 124 valence electrons. The maximum Gasteiger partial charge on any atom is 0.416 e. The fourth-order valence-corrected chi connectivity index (χ4v) is 2.40. The fourth-order valence-electron chi connectivity index (χ4n) is 2.40. The van der Waals surface area contributed by atoms with Gasteiger partial charge in [0.15, 0.2) is 0 Å². The van der Waals surface area contributed by atoms with Crippen LogP contribution in [0.5, 0.6) is 0 Å². The smallest absolute Gasteiger partial charge is 0.351 e. The second-order valence-electron chi connectivity index (χ2n) is 5.35. The summed E-state index contributed by atoms with van der Waals surface area (Å²) in [6.45, 7) is 0. The van der Waals surface area contributed by atoms with Crippen molar-refractivity contribution in [2.24, 2.45) is 7.05 Å². The van der Waals surface area contributed by atoms with Crippen molar-refractivity contribution in [1.82, 2.24) is 4.57 Å². The Balaban J connectivity index is 1.68. The summed E-state index contributed by atoms with van der Waals surface area (Å²) < 4.78 is 39.5. The maximum absolute atomic E-state index is 12.5. The van der Waals surface area contributed by atoms with Crippen LogP contribution >= 0.6 is 0 Å². The Morgan fingerprint density at radius 2 is 1.58 bits per heavy atom. The van der Waals surface area contributed by atoms with Crippen molar-refractivity contribution in [2.45, 2.75) is 6.18 Å². The number of anilines is 2. The van der Waals surface area contributed by atoms with Crippen molar-refractivity contribution in [1.29, 1.82) is 0 Å². The molecule has 0 saturated heterocycles. The zero-order valence-electron chi connectivity index (χ0n) is 12.7. The van der Waals surface area contributed by atoms with E-state index >= 15 is 0 Å². The molecule has 0 aliphatic rings. The summed E-state index contributed by atoms with van der Waals surface area (Å²) in [6.07, 6.45) is -2.48. The molecular formula is C17H14F3N3O. The zero-order chi connectivity index (χ0) is 17.3. The van der Waals surface area contributed by atoms with Gasteiger partial charge in [-0.15, -0.1) is 0 Å². The van der Waals surface area contributed by atoms with Crippen molar-refractivity contribution >= 4 is 28.3 Å². The number of fused-ring (bicyclic) bond motifs is 1. The molecule has 0 aliphatic carbocycles. The second-order valence-corrected chi connectivity index (χ2v) is 5.35. The first-order valence-corrected chi connectivity index (χ1v) is 7.13. The molecule has 24 heavy (non-hydrogen) atoms. The lowest BCUT2D eigenvalue weighted by atomic mass is 10.2. The number of amides is 2. The highest BCUT2D eigenvalue weighted by Crippen LogP contribution is 2.29. The Kier molecular flexibility index (Phi) is 3.92. The Morgan fingerprint density at radius 3 is 2.25 bits per heavy atom. The zero-order valence-corrected chi connectivity index (χ0v) is 12.7. The van der Waals surface area contributed by atoms with Crippen LogP contribution in [0.1, 0.15) is 5.56 Å². The van der Waals surface area contributed by atoms with Crippen molar-refractivity contribution < 1.29 is 18.0 Å². The standard InChI is InChI=1S/C17H14F3N3O/c1-23-9-8-11-10-14(6-7-15(11)23)22-16(24)21-13-4-2-12(3-5-13)17(18,19)20/h2-10H,1H3,(H2,21,22,24). The number of rotatable bonds is 2. The van der Waals surface area contributed by atoms with Crippen LogP contribution < -0.4 is 10.6 Å². The van der Waals surface area contributed by atoms with Gasteiger partial charge in [-0.1, -0.05) is 0 Å². The lowest BCUT2D eigenvalue weighted by Gasteiger charge is -2.10. The molecule has 3 rings (SSSR count). The molecule has 7 heteroatoms. The number of halogens is 3. The molecule has 4 nitrogen and oxygen atoms in total. The predicted molar refractivity (Wildman–Crippen MR) is 87.0 cm³/mol. The number of alkyl halides is 3. The SMILES string of the molecule is Cn1ccc2cc(NC(=O)Nc3ccc(C(F)(F)F)cc3)ccc21. The first kappa shape index (κ1) is 15.9. The Labute approximate surface area is 135 Å². The van der Waals surface area contributed by atoms with E-state index in [1.54, 1.807) is 6.07 Å². The average Bonchev–Trinajstić information content (AvgIpc) is 2.87. The molecule has 0 atom stereocenters. The molecule has 2 aromatic carbocycles. The van der Waals surface area contributed by atoms with Crippen molar-refractivity contribution in [3.8, 4) is 0 Å². The first-order chi connectivity index (χ1) is 11.3. The van der Waals surface area contributed by atoms with E-state index in [9.17, 15) is 18.0 Å². The molecule has 1 heterocycles. The van der Waals surface area contributed by atoms with Gasteiger partial charge < -0.3 is 15.2 Å². The number of carbonyl (C=O) groups is 1. The molecule has 0 bridgehead atoms. The molecule has 1 aromatic heterocycles. The third-order valence-corrected chi connectivity index (χ3v) is 3.61. The van der Waals surface area contributed by atoms with Crippen molar-refractivity contribution in [3.63, 3.8) is 0 Å². The number of benzene rings is 2. The van der Waals surface area contributed by atoms with Gasteiger partial charge in [-0.05, 0) is 48.5 Å². The molecule has 0 fully saturated rings. The maximum atomic E-state index is 12.5. The summed E-state index contributed by atoms with van der Waals surface area (Å²) in [4.78, 5) is 12.0. The lowest BCUT2D eigenvalue weighted by molar-refractivity contribution is -0.137. The van der Waals surface area contributed by atoms with Crippen LogP contribution in [0.15, 0.2) is 54.7 Å². The van der Waals surface area contributed by atoms with Gasteiger partial charge >= 0.3 is 12.2 Å². The van der Waals surface area contributed by atoms with Crippen LogP contribution in [0, 0.1) is 0 Å². The van der Waals surface area contributed by atoms with E-state index in [0.29, 0.717) is 5.69 Å². The molecule has 2 amide bonds. The molecule has 0 radical (unpaired) electrons. The van der Waals surface area contributed by atoms with Gasteiger partial charge in [0, 0.05) is 35.5 Å². The Hall–Kier alpha value is -2.96. The number of aromatic nitrogens is 1. The monoisotopic (exact) mass is 333 g/mol. The fraction of sp³-hybridized carbons (Fsp3) is 0.118. The minimum atomic E-state index is -4.40. The van der Waals surface area contributed by atoms with Crippen LogP contribution in [-0.2, 0) is 13.2 Å². The van der Waals surface area contributed by atoms with Gasteiger partial charge in [0.1, 0.15) is 0 Å².